The molecule has 1 heteroatoms. The summed E-state index contributed by atoms with van der Waals surface area (Å²) in [5, 5.41) is 3.20. The molecule has 1 atom stereocenters. The Morgan fingerprint density at radius 2 is 1.75 bits per heavy atom. The molecule has 0 radical (unpaired) electrons. The highest BCUT2D eigenvalue weighted by Gasteiger charge is 2.06. The monoisotopic (exact) mass is 267 g/mol. The molecule has 2 aromatic carbocycles. The van der Waals surface area contributed by atoms with E-state index in [4.69, 9.17) is 0 Å². The third-order valence-corrected chi connectivity index (χ3v) is 4.07. The summed E-state index contributed by atoms with van der Waals surface area (Å²) >= 11 is 0. The number of nitrogens with one attached hydrogen (secondary N) is 1. The Kier molecular flexibility index (Phi) is 4.97. The second kappa shape index (κ2) is 6.71. The summed E-state index contributed by atoms with van der Waals surface area (Å²) in [6.07, 6.45) is 1.19. The van der Waals surface area contributed by atoms with Gasteiger partial charge in [-0.2, -0.15) is 0 Å². The maximum absolute atomic E-state index is 3.20. The Morgan fingerprint density at radius 1 is 1.05 bits per heavy atom. The maximum Gasteiger partial charge on any atom is 0.0202 e. The zero-order valence-corrected chi connectivity index (χ0v) is 13.0. The zero-order valence-electron chi connectivity index (χ0n) is 13.0. The SMILES string of the molecule is CCC(C)c1ccc(-c2ccc(CNC)cc2C)cc1. The van der Waals surface area contributed by atoms with Gasteiger partial charge in [0.1, 0.15) is 0 Å². The van der Waals surface area contributed by atoms with E-state index in [1.807, 2.05) is 7.05 Å². The molecule has 0 saturated heterocycles. The minimum atomic E-state index is 0.642. The third kappa shape index (κ3) is 3.29. The van der Waals surface area contributed by atoms with Crippen molar-refractivity contribution in [3.8, 4) is 11.1 Å². The van der Waals surface area contributed by atoms with Crippen molar-refractivity contribution in [3.63, 3.8) is 0 Å². The van der Waals surface area contributed by atoms with Gasteiger partial charge in [0.05, 0.1) is 0 Å². The second-order valence-corrected chi connectivity index (χ2v) is 5.61. The van der Waals surface area contributed by atoms with E-state index in [9.17, 15) is 0 Å². The molecule has 0 aliphatic carbocycles. The molecule has 0 aliphatic heterocycles. The van der Waals surface area contributed by atoms with Gasteiger partial charge >= 0.3 is 0 Å². The molecule has 2 rings (SSSR count). The Labute approximate surface area is 123 Å². The average molecular weight is 267 g/mol. The molecule has 0 aliphatic rings. The second-order valence-electron chi connectivity index (χ2n) is 5.61. The van der Waals surface area contributed by atoms with Gasteiger partial charge in [-0.25, -0.2) is 0 Å². The Hall–Kier alpha value is -1.60. The maximum atomic E-state index is 3.20. The van der Waals surface area contributed by atoms with E-state index in [2.05, 4.69) is 68.6 Å². The lowest BCUT2D eigenvalue weighted by molar-refractivity contribution is 0.734. The fraction of sp³-hybridized carbons (Fsp3) is 0.368. The lowest BCUT2D eigenvalue weighted by Gasteiger charge is -2.12. The van der Waals surface area contributed by atoms with Gasteiger partial charge in [-0.1, -0.05) is 56.3 Å². The largest absolute Gasteiger partial charge is 0.316 e. The molecule has 20 heavy (non-hydrogen) atoms. The molecule has 1 nitrogen and oxygen atoms in total. The van der Waals surface area contributed by atoms with E-state index < -0.39 is 0 Å². The molecular formula is C19H25N. The third-order valence-electron chi connectivity index (χ3n) is 4.07. The van der Waals surface area contributed by atoms with E-state index in [1.165, 1.54) is 34.2 Å². The van der Waals surface area contributed by atoms with Crippen molar-refractivity contribution in [1.29, 1.82) is 0 Å². The van der Waals surface area contributed by atoms with Crippen molar-refractivity contribution in [3.05, 3.63) is 59.2 Å². The van der Waals surface area contributed by atoms with Crippen LogP contribution in [0.15, 0.2) is 42.5 Å². The van der Waals surface area contributed by atoms with Crippen LogP contribution in [0.3, 0.4) is 0 Å². The van der Waals surface area contributed by atoms with Gasteiger partial charge < -0.3 is 5.32 Å². The Bertz CT molecular complexity index is 554. The quantitative estimate of drug-likeness (QED) is 0.813. The minimum absolute atomic E-state index is 0.642. The minimum Gasteiger partial charge on any atom is -0.316 e. The molecule has 1 unspecified atom stereocenters. The topological polar surface area (TPSA) is 12.0 Å². The molecule has 0 amide bonds. The predicted octanol–water partition coefficient (Wildman–Crippen LogP) is 4.89. The lowest BCUT2D eigenvalue weighted by atomic mass is 9.94. The first-order chi connectivity index (χ1) is 9.65. The summed E-state index contributed by atoms with van der Waals surface area (Å²) in [4.78, 5) is 0. The summed E-state index contributed by atoms with van der Waals surface area (Å²) in [6, 6.07) is 15.8. The van der Waals surface area contributed by atoms with Gasteiger partial charge in [-0.05, 0) is 54.1 Å². The van der Waals surface area contributed by atoms with Gasteiger partial charge in [-0.3, -0.25) is 0 Å². The summed E-state index contributed by atoms with van der Waals surface area (Å²) in [7, 11) is 1.98. The van der Waals surface area contributed by atoms with E-state index in [-0.39, 0.29) is 0 Å². The molecule has 1 N–H and O–H groups in total. The predicted molar refractivity (Wildman–Crippen MR) is 88.1 cm³/mol. The first kappa shape index (κ1) is 14.8. The van der Waals surface area contributed by atoms with Crippen molar-refractivity contribution >= 4 is 0 Å². The standard InChI is InChI=1S/C19H25N/c1-5-14(2)17-7-9-18(10-8-17)19-11-6-16(13-20-4)12-15(19)3/h6-12,14,20H,5,13H2,1-4H3. The van der Waals surface area contributed by atoms with Gasteiger partial charge in [0.15, 0.2) is 0 Å². The van der Waals surface area contributed by atoms with Gasteiger partial charge in [0.25, 0.3) is 0 Å². The highest BCUT2D eigenvalue weighted by molar-refractivity contribution is 5.67. The summed E-state index contributed by atoms with van der Waals surface area (Å²) in [5.74, 6) is 0.642. The number of hydrogen-bond acceptors (Lipinski definition) is 1. The van der Waals surface area contributed by atoms with E-state index in [0.717, 1.165) is 6.54 Å². The Balaban J connectivity index is 2.27. The smallest absolute Gasteiger partial charge is 0.0202 e. The van der Waals surface area contributed by atoms with Crippen LogP contribution in [-0.4, -0.2) is 7.05 Å². The highest BCUT2D eigenvalue weighted by atomic mass is 14.8. The van der Waals surface area contributed by atoms with Crippen molar-refractivity contribution in [2.45, 2.75) is 39.7 Å². The number of hydrogen-bond donors (Lipinski definition) is 1. The van der Waals surface area contributed by atoms with E-state index in [0.29, 0.717) is 5.92 Å². The molecule has 0 spiro atoms. The van der Waals surface area contributed by atoms with Gasteiger partial charge in [0, 0.05) is 6.54 Å². The average Bonchev–Trinajstić information content (AvgIpc) is 2.47. The first-order valence-corrected chi connectivity index (χ1v) is 7.50. The molecule has 0 heterocycles. The molecular weight excluding hydrogens is 242 g/mol. The highest BCUT2D eigenvalue weighted by Crippen LogP contribution is 2.27. The lowest BCUT2D eigenvalue weighted by Crippen LogP contribution is -2.05. The van der Waals surface area contributed by atoms with Crippen molar-refractivity contribution < 1.29 is 0 Å². The number of aryl methyl sites for hydroxylation is 1. The molecule has 106 valence electrons. The van der Waals surface area contributed by atoms with E-state index in [1.54, 1.807) is 0 Å². The molecule has 0 fully saturated rings. The van der Waals surface area contributed by atoms with Crippen LogP contribution in [-0.2, 0) is 6.54 Å². The van der Waals surface area contributed by atoms with Gasteiger partial charge in [0.2, 0.25) is 0 Å². The van der Waals surface area contributed by atoms with Crippen LogP contribution in [0.2, 0.25) is 0 Å². The molecule has 0 bridgehead atoms. The summed E-state index contributed by atoms with van der Waals surface area (Å²) in [6.45, 7) is 7.64. The Morgan fingerprint density at radius 3 is 2.30 bits per heavy atom. The van der Waals surface area contributed by atoms with Gasteiger partial charge in [-0.15, -0.1) is 0 Å². The summed E-state index contributed by atoms with van der Waals surface area (Å²) in [5.41, 5.74) is 6.76. The zero-order chi connectivity index (χ0) is 14.5. The fourth-order valence-corrected chi connectivity index (χ4v) is 2.59. The number of benzene rings is 2. The van der Waals surface area contributed by atoms with Crippen LogP contribution in [0.5, 0.6) is 0 Å². The summed E-state index contributed by atoms with van der Waals surface area (Å²) < 4.78 is 0. The van der Waals surface area contributed by atoms with Crippen molar-refractivity contribution in [2.24, 2.45) is 0 Å². The molecule has 0 saturated carbocycles. The normalized spacial score (nSPS) is 12.4. The first-order valence-electron chi connectivity index (χ1n) is 7.50. The number of rotatable bonds is 5. The van der Waals surface area contributed by atoms with Crippen molar-refractivity contribution in [2.75, 3.05) is 7.05 Å². The van der Waals surface area contributed by atoms with Crippen LogP contribution >= 0.6 is 0 Å². The molecule has 2 aromatic rings. The van der Waals surface area contributed by atoms with E-state index >= 15 is 0 Å². The van der Waals surface area contributed by atoms with Crippen LogP contribution in [0, 0.1) is 6.92 Å². The fourth-order valence-electron chi connectivity index (χ4n) is 2.59. The van der Waals surface area contributed by atoms with Crippen LogP contribution < -0.4 is 5.32 Å². The van der Waals surface area contributed by atoms with Crippen LogP contribution in [0.1, 0.15) is 42.9 Å². The van der Waals surface area contributed by atoms with Crippen molar-refractivity contribution in [1.82, 2.24) is 5.32 Å². The van der Waals surface area contributed by atoms with Crippen LogP contribution in [0.4, 0.5) is 0 Å². The molecule has 0 aromatic heterocycles. The van der Waals surface area contributed by atoms with Crippen LogP contribution in [0.25, 0.3) is 11.1 Å².